The number of carbonyl (C=O) groups is 1. The monoisotopic (exact) mass is 387 g/mol. The lowest BCUT2D eigenvalue weighted by Gasteiger charge is -2.06. The molecule has 0 spiro atoms. The topological polar surface area (TPSA) is 54.9 Å². The molecule has 0 atom stereocenters. The zero-order chi connectivity index (χ0) is 16.2. The Labute approximate surface area is 146 Å². The molecule has 0 unspecified atom stereocenters. The third-order valence-corrected chi connectivity index (χ3v) is 5.07. The highest BCUT2D eigenvalue weighted by atomic mass is 79.9. The van der Waals surface area contributed by atoms with Crippen molar-refractivity contribution in [1.29, 1.82) is 0 Å². The first-order valence-corrected chi connectivity index (χ1v) is 8.70. The molecule has 23 heavy (non-hydrogen) atoms. The fraction of sp³-hybridized carbons (Fsp3) is 0.118. The molecule has 0 saturated carbocycles. The first kappa shape index (κ1) is 15.8. The number of nitrogens with one attached hydrogen (secondary N) is 1. The highest BCUT2D eigenvalue weighted by Crippen LogP contribution is 2.23. The SMILES string of the molecule is Cc1cc(NC(=O)Cc2csc(-c3cccnc3)n2)ccc1Br. The number of amides is 1. The number of pyridine rings is 1. The summed E-state index contributed by atoms with van der Waals surface area (Å²) < 4.78 is 1.02. The number of benzene rings is 1. The molecule has 0 aliphatic carbocycles. The van der Waals surface area contributed by atoms with Crippen molar-refractivity contribution in [3.8, 4) is 10.6 Å². The van der Waals surface area contributed by atoms with E-state index >= 15 is 0 Å². The molecule has 116 valence electrons. The van der Waals surface area contributed by atoms with Gasteiger partial charge in [0.05, 0.1) is 12.1 Å². The van der Waals surface area contributed by atoms with Crippen LogP contribution in [0.3, 0.4) is 0 Å². The van der Waals surface area contributed by atoms with Crippen molar-refractivity contribution in [1.82, 2.24) is 9.97 Å². The molecule has 0 aliphatic heterocycles. The number of hydrogen-bond acceptors (Lipinski definition) is 4. The van der Waals surface area contributed by atoms with Gasteiger partial charge in [-0.05, 0) is 42.8 Å². The minimum absolute atomic E-state index is 0.0743. The summed E-state index contributed by atoms with van der Waals surface area (Å²) in [6, 6.07) is 9.56. The van der Waals surface area contributed by atoms with Gasteiger partial charge in [-0.2, -0.15) is 0 Å². The molecule has 2 heterocycles. The highest BCUT2D eigenvalue weighted by Gasteiger charge is 2.10. The fourth-order valence-electron chi connectivity index (χ4n) is 2.10. The van der Waals surface area contributed by atoms with E-state index in [1.807, 2.05) is 42.6 Å². The zero-order valence-electron chi connectivity index (χ0n) is 12.4. The summed E-state index contributed by atoms with van der Waals surface area (Å²) >= 11 is 4.97. The second kappa shape index (κ2) is 7.02. The van der Waals surface area contributed by atoms with Gasteiger partial charge in [-0.25, -0.2) is 4.98 Å². The summed E-state index contributed by atoms with van der Waals surface area (Å²) in [5.41, 5.74) is 3.60. The van der Waals surface area contributed by atoms with Crippen LogP contribution in [0.5, 0.6) is 0 Å². The second-order valence-electron chi connectivity index (χ2n) is 5.07. The third kappa shape index (κ3) is 4.03. The van der Waals surface area contributed by atoms with E-state index in [4.69, 9.17) is 0 Å². The van der Waals surface area contributed by atoms with E-state index < -0.39 is 0 Å². The van der Waals surface area contributed by atoms with Crippen LogP contribution in [-0.4, -0.2) is 15.9 Å². The Bertz CT molecular complexity index is 833. The Morgan fingerprint density at radius 2 is 2.22 bits per heavy atom. The first-order chi connectivity index (χ1) is 11.1. The van der Waals surface area contributed by atoms with Gasteiger partial charge in [0.25, 0.3) is 0 Å². The molecule has 0 radical (unpaired) electrons. The fourth-order valence-corrected chi connectivity index (χ4v) is 3.16. The van der Waals surface area contributed by atoms with Gasteiger partial charge >= 0.3 is 0 Å². The number of aryl methyl sites for hydroxylation is 1. The maximum absolute atomic E-state index is 12.2. The molecule has 0 saturated heterocycles. The molecular weight excluding hydrogens is 374 g/mol. The van der Waals surface area contributed by atoms with Crippen LogP contribution < -0.4 is 5.32 Å². The highest BCUT2D eigenvalue weighted by molar-refractivity contribution is 9.10. The van der Waals surface area contributed by atoms with E-state index in [0.717, 1.165) is 32.0 Å². The predicted molar refractivity (Wildman–Crippen MR) is 96.6 cm³/mol. The Morgan fingerprint density at radius 3 is 2.96 bits per heavy atom. The standard InChI is InChI=1S/C17H14BrN3OS/c1-11-7-13(4-5-15(11)18)20-16(22)8-14-10-23-17(21-14)12-3-2-6-19-9-12/h2-7,9-10H,8H2,1H3,(H,20,22). The van der Waals surface area contributed by atoms with E-state index in [0.29, 0.717) is 0 Å². The predicted octanol–water partition coefficient (Wildman–Crippen LogP) is 4.46. The molecule has 1 N–H and O–H groups in total. The van der Waals surface area contributed by atoms with Crippen LogP contribution in [0.2, 0.25) is 0 Å². The van der Waals surface area contributed by atoms with Gasteiger partial charge in [-0.3, -0.25) is 9.78 Å². The summed E-state index contributed by atoms with van der Waals surface area (Å²) in [6.45, 7) is 1.99. The first-order valence-electron chi connectivity index (χ1n) is 7.02. The summed E-state index contributed by atoms with van der Waals surface area (Å²) in [5.74, 6) is -0.0743. The van der Waals surface area contributed by atoms with Crippen molar-refractivity contribution in [2.75, 3.05) is 5.32 Å². The molecule has 3 rings (SSSR count). The number of carbonyl (C=O) groups excluding carboxylic acids is 1. The van der Waals surface area contributed by atoms with E-state index in [1.54, 1.807) is 12.4 Å². The number of rotatable bonds is 4. The smallest absolute Gasteiger partial charge is 0.230 e. The molecule has 6 heteroatoms. The molecule has 2 aromatic heterocycles. The Balaban J connectivity index is 1.66. The molecule has 0 fully saturated rings. The third-order valence-electron chi connectivity index (χ3n) is 3.24. The lowest BCUT2D eigenvalue weighted by Crippen LogP contribution is -2.14. The summed E-state index contributed by atoms with van der Waals surface area (Å²) in [4.78, 5) is 20.7. The molecule has 1 aromatic carbocycles. The second-order valence-corrected chi connectivity index (χ2v) is 6.79. The number of anilines is 1. The van der Waals surface area contributed by atoms with E-state index in [2.05, 4.69) is 31.2 Å². The Morgan fingerprint density at radius 1 is 1.35 bits per heavy atom. The molecular formula is C17H14BrN3OS. The molecule has 0 bridgehead atoms. The van der Waals surface area contributed by atoms with Crippen molar-refractivity contribution >= 4 is 38.9 Å². The van der Waals surface area contributed by atoms with E-state index in [9.17, 15) is 4.79 Å². The van der Waals surface area contributed by atoms with Gasteiger partial charge in [-0.1, -0.05) is 15.9 Å². The molecule has 1 amide bonds. The van der Waals surface area contributed by atoms with Crippen molar-refractivity contribution in [3.05, 3.63) is 63.8 Å². The van der Waals surface area contributed by atoms with Gasteiger partial charge in [0.2, 0.25) is 5.91 Å². The maximum atomic E-state index is 12.2. The molecule has 3 aromatic rings. The van der Waals surface area contributed by atoms with Crippen LogP contribution in [0.4, 0.5) is 5.69 Å². The van der Waals surface area contributed by atoms with Crippen molar-refractivity contribution in [2.24, 2.45) is 0 Å². The number of aromatic nitrogens is 2. The Kier molecular flexibility index (Phi) is 4.83. The van der Waals surface area contributed by atoms with Crippen molar-refractivity contribution in [2.45, 2.75) is 13.3 Å². The van der Waals surface area contributed by atoms with Gasteiger partial charge in [0, 0.05) is 33.5 Å². The summed E-state index contributed by atoms with van der Waals surface area (Å²) in [7, 11) is 0. The number of nitrogens with zero attached hydrogens (tertiary/aromatic N) is 2. The summed E-state index contributed by atoms with van der Waals surface area (Å²) in [5, 5.41) is 5.69. The number of hydrogen-bond donors (Lipinski definition) is 1. The van der Waals surface area contributed by atoms with Crippen LogP contribution in [0.15, 0.2) is 52.6 Å². The van der Waals surface area contributed by atoms with Crippen LogP contribution in [-0.2, 0) is 11.2 Å². The van der Waals surface area contributed by atoms with E-state index in [1.165, 1.54) is 11.3 Å². The largest absolute Gasteiger partial charge is 0.326 e. The zero-order valence-corrected chi connectivity index (χ0v) is 14.8. The van der Waals surface area contributed by atoms with Crippen LogP contribution >= 0.6 is 27.3 Å². The lowest BCUT2D eigenvalue weighted by molar-refractivity contribution is -0.115. The van der Waals surface area contributed by atoms with Crippen molar-refractivity contribution in [3.63, 3.8) is 0 Å². The number of halogens is 1. The number of thiazole rings is 1. The van der Waals surface area contributed by atoms with Crippen molar-refractivity contribution < 1.29 is 4.79 Å². The van der Waals surface area contributed by atoms with Gasteiger partial charge in [0.1, 0.15) is 5.01 Å². The normalized spacial score (nSPS) is 10.5. The Hall–Kier alpha value is -2.05. The molecule has 4 nitrogen and oxygen atoms in total. The lowest BCUT2D eigenvalue weighted by atomic mass is 10.2. The van der Waals surface area contributed by atoms with Gasteiger partial charge in [-0.15, -0.1) is 11.3 Å². The van der Waals surface area contributed by atoms with Gasteiger partial charge in [0.15, 0.2) is 0 Å². The quantitative estimate of drug-likeness (QED) is 0.718. The molecule has 0 aliphatic rings. The van der Waals surface area contributed by atoms with Crippen LogP contribution in [0.25, 0.3) is 10.6 Å². The van der Waals surface area contributed by atoms with Crippen LogP contribution in [0, 0.1) is 6.92 Å². The van der Waals surface area contributed by atoms with E-state index in [-0.39, 0.29) is 12.3 Å². The average molecular weight is 388 g/mol. The summed E-state index contributed by atoms with van der Waals surface area (Å²) in [6.07, 6.45) is 3.75. The minimum Gasteiger partial charge on any atom is -0.326 e. The maximum Gasteiger partial charge on any atom is 0.230 e. The minimum atomic E-state index is -0.0743. The van der Waals surface area contributed by atoms with Crippen LogP contribution in [0.1, 0.15) is 11.3 Å². The average Bonchev–Trinajstić information content (AvgIpc) is 3.00. The van der Waals surface area contributed by atoms with Gasteiger partial charge < -0.3 is 5.32 Å².